The normalized spacial score (nSPS) is 22.0. The summed E-state index contributed by atoms with van der Waals surface area (Å²) in [5.41, 5.74) is 2.73. The van der Waals surface area contributed by atoms with Gasteiger partial charge in [0.2, 0.25) is 5.95 Å². The summed E-state index contributed by atoms with van der Waals surface area (Å²) in [4.78, 5) is 16.1. The number of fused-ring (bicyclic) bond motifs is 2. The number of hydrogen-bond acceptors (Lipinski definition) is 6. The molecule has 0 aromatic carbocycles. The van der Waals surface area contributed by atoms with Crippen LogP contribution in [-0.4, -0.2) is 46.9 Å². The minimum atomic E-state index is 0.666. The second-order valence-electron chi connectivity index (χ2n) is 7.34. The summed E-state index contributed by atoms with van der Waals surface area (Å²) < 4.78 is 3.77. The van der Waals surface area contributed by atoms with Crippen molar-refractivity contribution >= 4 is 11.6 Å². The van der Waals surface area contributed by atoms with E-state index in [0.29, 0.717) is 6.04 Å². The third-order valence-electron chi connectivity index (χ3n) is 5.53. The Hall–Kier alpha value is -2.51. The van der Waals surface area contributed by atoms with Gasteiger partial charge in [-0.1, -0.05) is 0 Å². The first-order valence-electron chi connectivity index (χ1n) is 8.93. The lowest BCUT2D eigenvalue weighted by molar-refractivity contribution is 0.380. The largest absolute Gasteiger partial charge is 0.336 e. The molecule has 0 radical (unpaired) electrons. The molecule has 0 N–H and O–H groups in total. The van der Waals surface area contributed by atoms with Gasteiger partial charge in [0, 0.05) is 38.7 Å². The lowest BCUT2D eigenvalue weighted by Gasteiger charge is -2.24. The van der Waals surface area contributed by atoms with Crippen LogP contribution in [0.3, 0.4) is 0 Å². The summed E-state index contributed by atoms with van der Waals surface area (Å²) in [5.74, 6) is 3.57. The fraction of sp³-hybridized carbons (Fsp3) is 0.588. The highest BCUT2D eigenvalue weighted by atomic mass is 15.4. The zero-order valence-corrected chi connectivity index (χ0v) is 14.8. The number of aryl methyl sites for hydroxylation is 5. The number of nitrogens with zero attached hydrogens (tertiary/aromatic N) is 8. The van der Waals surface area contributed by atoms with Gasteiger partial charge in [-0.05, 0) is 32.6 Å². The van der Waals surface area contributed by atoms with E-state index in [1.807, 2.05) is 36.3 Å². The van der Waals surface area contributed by atoms with Crippen LogP contribution in [0.4, 0.5) is 5.95 Å². The van der Waals surface area contributed by atoms with E-state index in [9.17, 15) is 0 Å². The molecule has 3 aliphatic rings. The third kappa shape index (κ3) is 2.31. The maximum Gasteiger partial charge on any atom is 0.245 e. The second kappa shape index (κ2) is 5.24. The van der Waals surface area contributed by atoms with Crippen LogP contribution >= 0.6 is 0 Å². The Morgan fingerprint density at radius 2 is 1.96 bits per heavy atom. The lowest BCUT2D eigenvalue weighted by Crippen LogP contribution is -2.29. The number of aromatic nitrogens is 7. The Labute approximate surface area is 145 Å². The first-order chi connectivity index (χ1) is 12.1. The van der Waals surface area contributed by atoms with Gasteiger partial charge in [-0.25, -0.2) is 9.50 Å². The van der Waals surface area contributed by atoms with Crippen LogP contribution in [0.25, 0.3) is 5.65 Å². The van der Waals surface area contributed by atoms with Crippen molar-refractivity contribution < 1.29 is 0 Å². The van der Waals surface area contributed by atoms with Gasteiger partial charge in [-0.3, -0.25) is 9.67 Å². The van der Waals surface area contributed by atoms with Gasteiger partial charge in [0.15, 0.2) is 11.5 Å². The highest BCUT2D eigenvalue weighted by Crippen LogP contribution is 2.42. The van der Waals surface area contributed by atoms with E-state index < -0.39 is 0 Å². The molecule has 3 aromatic heterocycles. The van der Waals surface area contributed by atoms with Crippen molar-refractivity contribution in [2.24, 2.45) is 13.0 Å². The maximum absolute atomic E-state index is 4.78. The summed E-state index contributed by atoms with van der Waals surface area (Å²) in [6.45, 7) is 5.07. The average molecular weight is 338 g/mol. The summed E-state index contributed by atoms with van der Waals surface area (Å²) >= 11 is 0. The van der Waals surface area contributed by atoms with Crippen molar-refractivity contribution in [3.8, 4) is 0 Å². The topological polar surface area (TPSA) is 77.0 Å². The molecular weight excluding hydrogens is 316 g/mol. The first-order valence-corrected chi connectivity index (χ1v) is 8.93. The van der Waals surface area contributed by atoms with E-state index in [0.717, 1.165) is 59.9 Å². The zero-order valence-electron chi connectivity index (χ0n) is 14.8. The molecule has 0 amide bonds. The molecule has 130 valence electrons. The molecule has 1 aliphatic carbocycles. The molecule has 6 rings (SSSR count). The highest BCUT2D eigenvalue weighted by molar-refractivity contribution is 5.43. The molecule has 5 heterocycles. The molecule has 0 unspecified atom stereocenters. The molecule has 0 spiro atoms. The van der Waals surface area contributed by atoms with E-state index in [-0.39, 0.29) is 0 Å². The quantitative estimate of drug-likeness (QED) is 0.713. The molecule has 8 heteroatoms. The van der Waals surface area contributed by atoms with E-state index in [1.54, 1.807) is 0 Å². The van der Waals surface area contributed by atoms with Gasteiger partial charge in [-0.15, -0.1) is 5.10 Å². The highest BCUT2D eigenvalue weighted by Gasteiger charge is 2.44. The van der Waals surface area contributed by atoms with Crippen LogP contribution < -0.4 is 4.90 Å². The number of rotatable bonds is 4. The van der Waals surface area contributed by atoms with Gasteiger partial charge in [-0.2, -0.15) is 10.1 Å². The van der Waals surface area contributed by atoms with Crippen molar-refractivity contribution in [3.63, 3.8) is 0 Å². The lowest BCUT2D eigenvalue weighted by atomic mass is 9.86. The van der Waals surface area contributed by atoms with Crippen LogP contribution in [0, 0.1) is 19.8 Å². The summed E-state index contributed by atoms with van der Waals surface area (Å²) in [6, 6.07) is 0.666. The van der Waals surface area contributed by atoms with E-state index in [4.69, 9.17) is 4.98 Å². The van der Waals surface area contributed by atoms with Crippen LogP contribution in [0.1, 0.15) is 35.9 Å². The Bertz CT molecular complexity index is 910. The standard InChI is InChI=1S/C17H22N8/c1-10-8-18-11(2)16-19-14(21-25(10)16)4-5-15-20-17(22-23(15)3)24-9-12-6-13(24)7-12/h8,12-13H,4-7,9H2,1-3H3. The number of anilines is 1. The fourth-order valence-corrected chi connectivity index (χ4v) is 3.98. The van der Waals surface area contributed by atoms with Gasteiger partial charge in [0.1, 0.15) is 5.82 Å². The van der Waals surface area contributed by atoms with Crippen LogP contribution in [0.2, 0.25) is 0 Å². The third-order valence-corrected chi connectivity index (χ3v) is 5.53. The van der Waals surface area contributed by atoms with Gasteiger partial charge in [0.05, 0.1) is 11.4 Å². The Morgan fingerprint density at radius 1 is 1.12 bits per heavy atom. The fourth-order valence-electron chi connectivity index (χ4n) is 3.98. The van der Waals surface area contributed by atoms with E-state index in [2.05, 4.69) is 25.1 Å². The average Bonchev–Trinajstić information content (AvgIpc) is 3.29. The predicted octanol–water partition coefficient (Wildman–Crippen LogP) is 1.25. The molecule has 2 bridgehead atoms. The molecule has 3 aromatic rings. The Balaban J connectivity index is 1.35. The van der Waals surface area contributed by atoms with Gasteiger partial charge < -0.3 is 4.90 Å². The van der Waals surface area contributed by atoms with Crippen LogP contribution in [0.15, 0.2) is 6.20 Å². The second-order valence-corrected chi connectivity index (χ2v) is 7.34. The summed E-state index contributed by atoms with van der Waals surface area (Å²) in [6.07, 6.45) is 5.99. The molecule has 8 nitrogen and oxygen atoms in total. The molecule has 25 heavy (non-hydrogen) atoms. The van der Waals surface area contributed by atoms with E-state index in [1.165, 1.54) is 12.8 Å². The number of hydrogen-bond donors (Lipinski definition) is 0. The SMILES string of the molecule is Cc1ncc(C)n2nc(CCc3nc(N4CC5CC4C5)nn3C)nc12. The predicted molar refractivity (Wildman–Crippen MR) is 92.5 cm³/mol. The Kier molecular flexibility index (Phi) is 3.10. The smallest absolute Gasteiger partial charge is 0.245 e. The first kappa shape index (κ1) is 14.8. The van der Waals surface area contributed by atoms with Crippen molar-refractivity contribution in [3.05, 3.63) is 29.2 Å². The minimum absolute atomic E-state index is 0.666. The van der Waals surface area contributed by atoms with E-state index >= 15 is 0 Å². The maximum atomic E-state index is 4.78. The van der Waals surface area contributed by atoms with Crippen molar-refractivity contribution in [2.75, 3.05) is 11.4 Å². The van der Waals surface area contributed by atoms with Crippen molar-refractivity contribution in [1.82, 2.24) is 34.3 Å². The molecule has 2 saturated heterocycles. The minimum Gasteiger partial charge on any atom is -0.336 e. The molecule has 3 fully saturated rings. The monoisotopic (exact) mass is 338 g/mol. The molecular formula is C17H22N8. The molecule has 1 saturated carbocycles. The molecule has 2 aliphatic heterocycles. The molecule has 0 atom stereocenters. The van der Waals surface area contributed by atoms with Gasteiger partial charge in [0.25, 0.3) is 0 Å². The summed E-state index contributed by atoms with van der Waals surface area (Å²) in [7, 11) is 1.97. The van der Waals surface area contributed by atoms with Crippen LogP contribution in [-0.2, 0) is 19.9 Å². The van der Waals surface area contributed by atoms with Crippen molar-refractivity contribution in [2.45, 2.75) is 45.6 Å². The zero-order chi connectivity index (χ0) is 17.1. The Morgan fingerprint density at radius 3 is 2.68 bits per heavy atom. The van der Waals surface area contributed by atoms with Gasteiger partial charge >= 0.3 is 0 Å². The van der Waals surface area contributed by atoms with Crippen molar-refractivity contribution in [1.29, 1.82) is 0 Å². The van der Waals surface area contributed by atoms with Crippen LogP contribution in [0.5, 0.6) is 0 Å². The summed E-state index contributed by atoms with van der Waals surface area (Å²) in [5, 5.41) is 9.25.